The third-order valence-corrected chi connectivity index (χ3v) is 4.55. The summed E-state index contributed by atoms with van der Waals surface area (Å²) in [5.74, 6) is 2.91. The Labute approximate surface area is 122 Å². The predicted octanol–water partition coefficient (Wildman–Crippen LogP) is 3.84. The maximum absolute atomic E-state index is 5.85. The Morgan fingerprint density at radius 1 is 1.30 bits per heavy atom. The zero-order chi connectivity index (χ0) is 14.8. The summed E-state index contributed by atoms with van der Waals surface area (Å²) >= 11 is 0. The van der Waals surface area contributed by atoms with Crippen LogP contribution in [0.2, 0.25) is 0 Å². The summed E-state index contributed by atoms with van der Waals surface area (Å²) in [4.78, 5) is 4.65. The molecule has 1 aliphatic carbocycles. The van der Waals surface area contributed by atoms with E-state index in [0.29, 0.717) is 23.8 Å². The fraction of sp³-hybridized carbons (Fsp3) is 0.875. The molecule has 0 aliphatic heterocycles. The van der Waals surface area contributed by atoms with Crippen molar-refractivity contribution in [3.05, 3.63) is 11.7 Å². The first-order valence-electron chi connectivity index (χ1n) is 7.95. The van der Waals surface area contributed by atoms with E-state index in [1.165, 1.54) is 25.7 Å². The molecule has 2 N–H and O–H groups in total. The van der Waals surface area contributed by atoms with Gasteiger partial charge in [0.25, 0.3) is 0 Å². The van der Waals surface area contributed by atoms with Gasteiger partial charge in [0.05, 0.1) is 5.92 Å². The number of hydrogen-bond acceptors (Lipinski definition) is 4. The van der Waals surface area contributed by atoms with E-state index >= 15 is 0 Å². The molecule has 1 aromatic heterocycles. The topological polar surface area (TPSA) is 64.9 Å². The molecule has 2 rings (SSSR count). The molecule has 0 aromatic carbocycles. The number of rotatable bonds is 5. The molecule has 20 heavy (non-hydrogen) atoms. The highest BCUT2D eigenvalue weighted by atomic mass is 16.5. The normalized spacial score (nSPS) is 21.3. The zero-order valence-corrected chi connectivity index (χ0v) is 13.4. The molecule has 1 fully saturated rings. The second-order valence-corrected chi connectivity index (χ2v) is 7.49. The highest BCUT2D eigenvalue weighted by Gasteiger charge is 2.30. The van der Waals surface area contributed by atoms with Crippen LogP contribution in [0.15, 0.2) is 4.52 Å². The Bertz CT molecular complexity index is 415. The molecule has 0 spiro atoms. The number of nitrogens with zero attached hydrogens (tertiary/aromatic N) is 2. The minimum Gasteiger partial charge on any atom is -0.339 e. The van der Waals surface area contributed by atoms with Gasteiger partial charge in [-0.05, 0) is 43.4 Å². The van der Waals surface area contributed by atoms with Crippen LogP contribution in [-0.2, 0) is 0 Å². The number of nitrogens with two attached hydrogens (primary N) is 1. The van der Waals surface area contributed by atoms with Crippen LogP contribution >= 0.6 is 0 Å². The van der Waals surface area contributed by atoms with E-state index in [1.807, 2.05) is 0 Å². The van der Waals surface area contributed by atoms with Crippen LogP contribution in [0.1, 0.15) is 83.3 Å². The summed E-state index contributed by atoms with van der Waals surface area (Å²) in [6.07, 6.45) is 5.84. The summed E-state index contributed by atoms with van der Waals surface area (Å²) < 4.78 is 5.48. The van der Waals surface area contributed by atoms with Crippen LogP contribution < -0.4 is 5.73 Å². The Balaban J connectivity index is 2.01. The van der Waals surface area contributed by atoms with Crippen molar-refractivity contribution in [1.29, 1.82) is 0 Å². The summed E-state index contributed by atoms with van der Waals surface area (Å²) in [5.41, 5.74) is 6.32. The van der Waals surface area contributed by atoms with Gasteiger partial charge in [0.15, 0.2) is 5.82 Å². The van der Waals surface area contributed by atoms with Gasteiger partial charge in [0, 0.05) is 12.5 Å². The Morgan fingerprint density at radius 2 is 1.95 bits per heavy atom. The molecule has 0 saturated heterocycles. The maximum atomic E-state index is 5.85. The van der Waals surface area contributed by atoms with E-state index < -0.39 is 0 Å². The first-order valence-corrected chi connectivity index (χ1v) is 7.95. The van der Waals surface area contributed by atoms with E-state index in [4.69, 9.17) is 10.3 Å². The highest BCUT2D eigenvalue weighted by molar-refractivity contribution is 5.02. The smallest absolute Gasteiger partial charge is 0.231 e. The third-order valence-electron chi connectivity index (χ3n) is 4.55. The molecular formula is C16H29N3O. The van der Waals surface area contributed by atoms with Gasteiger partial charge in [-0.2, -0.15) is 4.98 Å². The fourth-order valence-electron chi connectivity index (χ4n) is 3.10. The van der Waals surface area contributed by atoms with Gasteiger partial charge in [-0.1, -0.05) is 32.9 Å². The first kappa shape index (κ1) is 15.5. The highest BCUT2D eigenvalue weighted by Crippen LogP contribution is 2.41. The minimum atomic E-state index is 0.205. The predicted molar refractivity (Wildman–Crippen MR) is 80.5 cm³/mol. The average Bonchev–Trinajstić information content (AvgIpc) is 2.85. The third kappa shape index (κ3) is 3.81. The quantitative estimate of drug-likeness (QED) is 0.889. The molecular weight excluding hydrogens is 250 g/mol. The van der Waals surface area contributed by atoms with E-state index in [0.717, 1.165) is 18.1 Å². The van der Waals surface area contributed by atoms with Crippen LogP contribution in [0.4, 0.5) is 0 Å². The first-order chi connectivity index (χ1) is 9.41. The summed E-state index contributed by atoms with van der Waals surface area (Å²) in [5, 5.41) is 4.22. The summed E-state index contributed by atoms with van der Waals surface area (Å²) in [6, 6.07) is 0. The molecule has 1 aromatic rings. The molecule has 4 heteroatoms. The van der Waals surface area contributed by atoms with Crippen LogP contribution in [-0.4, -0.2) is 16.7 Å². The van der Waals surface area contributed by atoms with Crippen LogP contribution in [0.5, 0.6) is 0 Å². The van der Waals surface area contributed by atoms with Crippen molar-refractivity contribution in [1.82, 2.24) is 10.1 Å². The lowest BCUT2D eigenvalue weighted by molar-refractivity contribution is 0.218. The second-order valence-electron chi connectivity index (χ2n) is 7.49. The fourth-order valence-corrected chi connectivity index (χ4v) is 3.10. The molecule has 1 atom stereocenters. The van der Waals surface area contributed by atoms with Crippen LogP contribution in [0.3, 0.4) is 0 Å². The number of hydrogen-bond donors (Lipinski definition) is 1. The molecule has 0 radical (unpaired) electrons. The SMILES string of the molecule is CC(C)CC(CN)c1nc(C2CCC(C)(C)CC2)no1. The summed E-state index contributed by atoms with van der Waals surface area (Å²) in [6.45, 7) is 9.67. The lowest BCUT2D eigenvalue weighted by Gasteiger charge is -2.32. The molecule has 114 valence electrons. The van der Waals surface area contributed by atoms with Crippen molar-refractivity contribution in [2.24, 2.45) is 17.1 Å². The zero-order valence-electron chi connectivity index (χ0n) is 13.4. The van der Waals surface area contributed by atoms with Gasteiger partial charge in [-0.15, -0.1) is 0 Å². The van der Waals surface area contributed by atoms with Gasteiger partial charge < -0.3 is 10.3 Å². The largest absolute Gasteiger partial charge is 0.339 e. The van der Waals surface area contributed by atoms with Crippen molar-refractivity contribution < 1.29 is 4.52 Å². The minimum absolute atomic E-state index is 0.205. The second kappa shape index (κ2) is 6.25. The lowest BCUT2D eigenvalue weighted by atomic mass is 9.73. The van der Waals surface area contributed by atoms with E-state index in [1.54, 1.807) is 0 Å². The Hall–Kier alpha value is -0.900. The van der Waals surface area contributed by atoms with Crippen molar-refractivity contribution in [3.8, 4) is 0 Å². The molecule has 4 nitrogen and oxygen atoms in total. The van der Waals surface area contributed by atoms with Gasteiger partial charge >= 0.3 is 0 Å². The van der Waals surface area contributed by atoms with Gasteiger partial charge in [0.1, 0.15) is 0 Å². The van der Waals surface area contributed by atoms with Gasteiger partial charge in [-0.25, -0.2) is 0 Å². The number of aromatic nitrogens is 2. The van der Waals surface area contributed by atoms with Gasteiger partial charge in [-0.3, -0.25) is 0 Å². The van der Waals surface area contributed by atoms with E-state index in [2.05, 4.69) is 37.8 Å². The molecule has 0 amide bonds. The van der Waals surface area contributed by atoms with E-state index in [-0.39, 0.29) is 5.92 Å². The lowest BCUT2D eigenvalue weighted by Crippen LogP contribution is -2.21. The molecule has 1 saturated carbocycles. The Morgan fingerprint density at radius 3 is 2.50 bits per heavy atom. The van der Waals surface area contributed by atoms with Gasteiger partial charge in [0.2, 0.25) is 5.89 Å². The summed E-state index contributed by atoms with van der Waals surface area (Å²) in [7, 11) is 0. The maximum Gasteiger partial charge on any atom is 0.231 e. The van der Waals surface area contributed by atoms with Crippen LogP contribution in [0.25, 0.3) is 0 Å². The van der Waals surface area contributed by atoms with E-state index in [9.17, 15) is 0 Å². The monoisotopic (exact) mass is 279 g/mol. The van der Waals surface area contributed by atoms with Crippen molar-refractivity contribution in [2.45, 2.75) is 71.6 Å². The van der Waals surface area contributed by atoms with Crippen molar-refractivity contribution in [3.63, 3.8) is 0 Å². The molecule has 0 bridgehead atoms. The van der Waals surface area contributed by atoms with Crippen molar-refractivity contribution >= 4 is 0 Å². The Kier molecular flexibility index (Phi) is 4.84. The molecule has 1 aliphatic rings. The van der Waals surface area contributed by atoms with Crippen LogP contribution in [0, 0.1) is 11.3 Å². The molecule has 1 heterocycles. The van der Waals surface area contributed by atoms with Crippen molar-refractivity contribution in [2.75, 3.05) is 6.54 Å². The standard InChI is InChI=1S/C16H29N3O/c1-11(2)9-13(10-17)15-18-14(19-20-15)12-5-7-16(3,4)8-6-12/h11-13H,5-10,17H2,1-4H3. The average molecular weight is 279 g/mol. The molecule has 1 unspecified atom stereocenters.